The van der Waals surface area contributed by atoms with Gasteiger partial charge in [0.05, 0.1) is 5.75 Å². The lowest BCUT2D eigenvalue weighted by Gasteiger charge is -2.22. The van der Waals surface area contributed by atoms with Crippen LogP contribution in [-0.2, 0) is 4.79 Å². The number of carbonyl (C=O) groups excluding carboxylic acids is 1. The van der Waals surface area contributed by atoms with Crippen molar-refractivity contribution in [1.29, 1.82) is 0 Å². The van der Waals surface area contributed by atoms with Crippen molar-refractivity contribution in [3.05, 3.63) is 59.7 Å². The number of rotatable bonds is 6. The van der Waals surface area contributed by atoms with Gasteiger partial charge in [0.1, 0.15) is 0 Å². The highest BCUT2D eigenvalue weighted by atomic mass is 32.2. The maximum Gasteiger partial charge on any atom is 0.234 e. The lowest BCUT2D eigenvalue weighted by Crippen LogP contribution is -2.18. The van der Waals surface area contributed by atoms with E-state index in [1.54, 1.807) is 0 Å². The van der Waals surface area contributed by atoms with Gasteiger partial charge in [0, 0.05) is 24.0 Å². The number of hydrogen-bond acceptors (Lipinski definition) is 4. The largest absolute Gasteiger partial charge is 0.325 e. The van der Waals surface area contributed by atoms with Gasteiger partial charge in [0.15, 0.2) is 5.82 Å². The van der Waals surface area contributed by atoms with E-state index in [1.165, 1.54) is 31.0 Å². The van der Waals surface area contributed by atoms with Gasteiger partial charge in [-0.25, -0.2) is 4.68 Å². The third kappa shape index (κ3) is 4.56. The number of hydrogen-bond donors (Lipinski definition) is 1. The van der Waals surface area contributed by atoms with Crippen LogP contribution in [0, 0.1) is 13.8 Å². The lowest BCUT2D eigenvalue weighted by molar-refractivity contribution is -0.113. The molecule has 1 amide bonds. The summed E-state index contributed by atoms with van der Waals surface area (Å²) in [4.78, 5) is 12.6. The minimum Gasteiger partial charge on any atom is -0.325 e. The molecule has 1 aliphatic rings. The van der Waals surface area contributed by atoms with E-state index in [1.807, 2.05) is 61.2 Å². The van der Waals surface area contributed by atoms with Crippen LogP contribution in [0.25, 0.3) is 0 Å². The number of amides is 1. The zero-order valence-corrected chi connectivity index (χ0v) is 17.8. The van der Waals surface area contributed by atoms with E-state index >= 15 is 0 Å². The van der Waals surface area contributed by atoms with Gasteiger partial charge in [-0.2, -0.15) is 0 Å². The Labute approximate surface area is 175 Å². The van der Waals surface area contributed by atoms with Crippen molar-refractivity contribution >= 4 is 23.4 Å². The Balaban J connectivity index is 1.50. The number of nitrogens with zero attached hydrogens (tertiary/aromatic N) is 4. The average molecular weight is 410 g/mol. The quantitative estimate of drug-likeness (QED) is 0.595. The Hall–Kier alpha value is -2.54. The number of aromatic nitrogens is 4. The molecule has 0 saturated heterocycles. The average Bonchev–Trinajstić information content (AvgIpc) is 3.39. The van der Waals surface area contributed by atoms with E-state index in [4.69, 9.17) is 0 Å². The highest BCUT2D eigenvalue weighted by molar-refractivity contribution is 7.99. The molecule has 0 unspecified atom stereocenters. The molecule has 2 heterocycles. The van der Waals surface area contributed by atoms with Gasteiger partial charge in [0.25, 0.3) is 0 Å². The highest BCUT2D eigenvalue weighted by Gasteiger charge is 2.24. The molecule has 0 aliphatic heterocycles. The molecule has 0 atom stereocenters. The van der Waals surface area contributed by atoms with Crippen LogP contribution in [0.1, 0.15) is 55.0 Å². The summed E-state index contributed by atoms with van der Waals surface area (Å²) in [5.41, 5.74) is 3.05. The first-order valence-corrected chi connectivity index (χ1v) is 11.2. The number of carbonyl (C=O) groups is 1. The molecule has 1 aromatic carbocycles. The maximum atomic E-state index is 12.6. The summed E-state index contributed by atoms with van der Waals surface area (Å²) in [5.74, 6) is 1.68. The topological polar surface area (TPSA) is 64.7 Å². The predicted molar refractivity (Wildman–Crippen MR) is 116 cm³/mol. The molecule has 0 radical (unpaired) electrons. The fourth-order valence-electron chi connectivity index (χ4n) is 3.84. The van der Waals surface area contributed by atoms with E-state index in [0.29, 0.717) is 5.92 Å². The molecule has 7 heteroatoms. The van der Waals surface area contributed by atoms with Crippen LogP contribution in [0.4, 0.5) is 5.69 Å². The van der Waals surface area contributed by atoms with E-state index in [9.17, 15) is 4.79 Å². The minimum absolute atomic E-state index is 0.0371. The van der Waals surface area contributed by atoms with Crippen molar-refractivity contribution in [3.63, 3.8) is 0 Å². The lowest BCUT2D eigenvalue weighted by atomic mass is 9.89. The zero-order chi connectivity index (χ0) is 20.2. The molecule has 1 aliphatic carbocycles. The second-order valence-corrected chi connectivity index (χ2v) is 8.65. The van der Waals surface area contributed by atoms with Crippen molar-refractivity contribution < 1.29 is 4.79 Å². The third-order valence-corrected chi connectivity index (χ3v) is 6.35. The standard InChI is InChI=1S/C22H27N5OS/c1-16-10-11-17(2)19(14-16)23-20(28)15-29-22-25-24-21(18-8-4-3-5-9-18)27(22)26-12-6-7-13-26/h6-7,10-14,18H,3-5,8-9,15H2,1-2H3,(H,23,28). The normalized spacial score (nSPS) is 14.8. The number of anilines is 1. The van der Waals surface area contributed by atoms with Gasteiger partial charge in [-0.15, -0.1) is 10.2 Å². The predicted octanol–water partition coefficient (Wildman–Crippen LogP) is 4.79. The number of aryl methyl sites for hydroxylation is 2. The van der Waals surface area contributed by atoms with E-state index in [2.05, 4.69) is 20.2 Å². The summed E-state index contributed by atoms with van der Waals surface area (Å²) < 4.78 is 4.07. The molecule has 152 valence electrons. The summed E-state index contributed by atoms with van der Waals surface area (Å²) in [5, 5.41) is 12.7. The summed E-state index contributed by atoms with van der Waals surface area (Å²) in [6, 6.07) is 10.1. The number of benzene rings is 1. The van der Waals surface area contributed by atoms with Gasteiger partial charge < -0.3 is 5.32 Å². The molecule has 2 aromatic heterocycles. The zero-order valence-electron chi connectivity index (χ0n) is 17.0. The molecule has 3 aromatic rings. The monoisotopic (exact) mass is 409 g/mol. The molecule has 0 bridgehead atoms. The third-order valence-electron chi connectivity index (χ3n) is 5.43. The Morgan fingerprint density at radius 2 is 1.90 bits per heavy atom. The highest BCUT2D eigenvalue weighted by Crippen LogP contribution is 2.33. The van der Waals surface area contributed by atoms with Crippen LogP contribution < -0.4 is 5.32 Å². The molecular formula is C22H27N5OS. The second kappa shape index (κ2) is 8.86. The van der Waals surface area contributed by atoms with Gasteiger partial charge in [-0.3, -0.25) is 9.47 Å². The molecule has 29 heavy (non-hydrogen) atoms. The Morgan fingerprint density at radius 1 is 1.14 bits per heavy atom. The van der Waals surface area contributed by atoms with Gasteiger partial charge in [-0.1, -0.05) is 43.2 Å². The van der Waals surface area contributed by atoms with Gasteiger partial charge in [0.2, 0.25) is 11.1 Å². The molecule has 1 fully saturated rings. The van der Waals surface area contributed by atoms with Crippen LogP contribution in [0.5, 0.6) is 0 Å². The fraction of sp³-hybridized carbons (Fsp3) is 0.409. The first-order chi connectivity index (χ1) is 14.1. The van der Waals surface area contributed by atoms with Crippen LogP contribution in [0.2, 0.25) is 0 Å². The fourth-order valence-corrected chi connectivity index (χ4v) is 4.59. The minimum atomic E-state index is -0.0371. The molecule has 4 rings (SSSR count). The molecule has 1 saturated carbocycles. The van der Waals surface area contributed by atoms with Crippen molar-refractivity contribution in [2.75, 3.05) is 11.1 Å². The molecule has 1 N–H and O–H groups in total. The summed E-state index contributed by atoms with van der Waals surface area (Å²) in [6.45, 7) is 4.03. The van der Waals surface area contributed by atoms with Crippen molar-refractivity contribution in [1.82, 2.24) is 19.5 Å². The summed E-state index contributed by atoms with van der Waals surface area (Å²) in [7, 11) is 0. The smallest absolute Gasteiger partial charge is 0.234 e. The van der Waals surface area contributed by atoms with Crippen LogP contribution in [-0.4, -0.2) is 31.2 Å². The Kier molecular flexibility index (Phi) is 6.04. The molecule has 0 spiro atoms. The van der Waals surface area contributed by atoms with E-state index in [0.717, 1.165) is 40.6 Å². The van der Waals surface area contributed by atoms with E-state index < -0.39 is 0 Å². The van der Waals surface area contributed by atoms with E-state index in [-0.39, 0.29) is 11.7 Å². The van der Waals surface area contributed by atoms with Crippen molar-refractivity contribution in [3.8, 4) is 0 Å². The van der Waals surface area contributed by atoms with Gasteiger partial charge >= 0.3 is 0 Å². The van der Waals surface area contributed by atoms with Crippen molar-refractivity contribution in [2.24, 2.45) is 0 Å². The number of thioether (sulfide) groups is 1. The first-order valence-electron chi connectivity index (χ1n) is 10.2. The summed E-state index contributed by atoms with van der Waals surface area (Å²) >= 11 is 1.42. The number of nitrogens with one attached hydrogen (secondary N) is 1. The molecule has 6 nitrogen and oxygen atoms in total. The first kappa shape index (κ1) is 19.8. The van der Waals surface area contributed by atoms with Crippen molar-refractivity contribution in [2.45, 2.75) is 57.0 Å². The summed E-state index contributed by atoms with van der Waals surface area (Å²) in [6.07, 6.45) is 10.1. The van der Waals surface area contributed by atoms with Crippen LogP contribution in [0.15, 0.2) is 47.9 Å². The second-order valence-electron chi connectivity index (χ2n) is 7.71. The Bertz CT molecular complexity index is 973. The van der Waals surface area contributed by atoms with Crippen LogP contribution >= 0.6 is 11.8 Å². The maximum absolute atomic E-state index is 12.6. The van der Waals surface area contributed by atoms with Crippen LogP contribution in [0.3, 0.4) is 0 Å². The molecular weight excluding hydrogens is 382 g/mol. The Morgan fingerprint density at radius 3 is 2.66 bits per heavy atom. The van der Waals surface area contributed by atoms with Gasteiger partial charge in [-0.05, 0) is 56.0 Å². The SMILES string of the molecule is Cc1ccc(C)c(NC(=O)CSc2nnc(C3CCCCC3)n2-n2cccc2)c1.